The molecule has 6 heteroatoms. The summed E-state index contributed by atoms with van der Waals surface area (Å²) < 4.78 is 19.0. The molecule has 1 aromatic rings. The molecule has 1 heterocycles. The van der Waals surface area contributed by atoms with Gasteiger partial charge >= 0.3 is 5.97 Å². The number of benzene rings is 1. The van der Waals surface area contributed by atoms with Crippen LogP contribution in [-0.2, 0) is 19.7 Å². The number of rotatable bonds is 3. The molecule has 0 spiro atoms. The molecular formula is C15H18FNO4. The van der Waals surface area contributed by atoms with Gasteiger partial charge in [0, 0.05) is 12.1 Å². The van der Waals surface area contributed by atoms with E-state index >= 15 is 0 Å². The highest BCUT2D eigenvalue weighted by Crippen LogP contribution is 2.28. The molecule has 0 unspecified atom stereocenters. The Balaban J connectivity index is 2.22. The lowest BCUT2D eigenvalue weighted by atomic mass is 9.82. The summed E-state index contributed by atoms with van der Waals surface area (Å²) in [5, 5.41) is 8.98. The van der Waals surface area contributed by atoms with Crippen molar-refractivity contribution >= 4 is 11.9 Å². The van der Waals surface area contributed by atoms with Gasteiger partial charge in [-0.05, 0) is 19.9 Å². The average molecular weight is 295 g/mol. The van der Waals surface area contributed by atoms with Gasteiger partial charge in [0.15, 0.2) is 6.10 Å². The average Bonchev–Trinajstić information content (AvgIpc) is 2.46. The number of carboxylic acid groups (broad SMARTS) is 1. The standard InChI is InChI=1S/C15H18FNO4/c1-15(2,10-5-3-4-6-11(10)16)14(20)17-7-8-21-12(9-17)13(18)19/h3-6,12H,7-9H2,1-2H3,(H,18,19)/t12-/m0/s1. The second-order valence-electron chi connectivity index (χ2n) is 5.55. The monoisotopic (exact) mass is 295 g/mol. The number of carboxylic acids is 1. The molecule has 1 atom stereocenters. The highest BCUT2D eigenvalue weighted by molar-refractivity contribution is 5.88. The lowest BCUT2D eigenvalue weighted by Gasteiger charge is -2.36. The number of ether oxygens (including phenoxy) is 1. The Morgan fingerprint density at radius 1 is 1.38 bits per heavy atom. The lowest BCUT2D eigenvalue weighted by molar-refractivity contribution is -0.160. The van der Waals surface area contributed by atoms with E-state index in [0.717, 1.165) is 0 Å². The summed E-state index contributed by atoms with van der Waals surface area (Å²) in [6.45, 7) is 3.72. The molecule has 0 aromatic heterocycles. The zero-order valence-corrected chi connectivity index (χ0v) is 12.0. The number of morpholine rings is 1. The van der Waals surface area contributed by atoms with E-state index in [9.17, 15) is 14.0 Å². The van der Waals surface area contributed by atoms with E-state index in [4.69, 9.17) is 9.84 Å². The first-order valence-corrected chi connectivity index (χ1v) is 6.73. The SMILES string of the molecule is CC(C)(C(=O)N1CCO[C@H](C(=O)O)C1)c1ccccc1F. The van der Waals surface area contributed by atoms with Crippen molar-refractivity contribution in [3.8, 4) is 0 Å². The van der Waals surface area contributed by atoms with Crippen molar-refractivity contribution in [2.45, 2.75) is 25.4 Å². The van der Waals surface area contributed by atoms with Crippen molar-refractivity contribution in [2.24, 2.45) is 0 Å². The predicted octanol–water partition coefficient (Wildman–Crippen LogP) is 1.42. The van der Waals surface area contributed by atoms with Crippen LogP contribution in [-0.4, -0.2) is 47.7 Å². The number of amides is 1. The smallest absolute Gasteiger partial charge is 0.334 e. The van der Waals surface area contributed by atoms with Gasteiger partial charge in [0.2, 0.25) is 5.91 Å². The number of carbonyl (C=O) groups excluding carboxylic acids is 1. The number of carbonyl (C=O) groups is 2. The van der Waals surface area contributed by atoms with E-state index in [-0.39, 0.29) is 19.1 Å². The summed E-state index contributed by atoms with van der Waals surface area (Å²) >= 11 is 0. The largest absolute Gasteiger partial charge is 0.479 e. The molecule has 1 fully saturated rings. The molecule has 1 N–H and O–H groups in total. The normalized spacial score (nSPS) is 19.4. The third kappa shape index (κ3) is 3.05. The number of nitrogens with zero attached hydrogens (tertiary/aromatic N) is 1. The number of hydrogen-bond donors (Lipinski definition) is 1. The number of aliphatic carboxylic acids is 1. The molecule has 1 saturated heterocycles. The van der Waals surface area contributed by atoms with Crippen LogP contribution in [0.3, 0.4) is 0 Å². The van der Waals surface area contributed by atoms with Crippen LogP contribution in [0.2, 0.25) is 0 Å². The third-order valence-electron chi connectivity index (χ3n) is 3.71. The third-order valence-corrected chi connectivity index (χ3v) is 3.71. The van der Waals surface area contributed by atoms with Gasteiger partial charge in [-0.1, -0.05) is 18.2 Å². The van der Waals surface area contributed by atoms with E-state index in [2.05, 4.69) is 0 Å². The zero-order valence-electron chi connectivity index (χ0n) is 12.0. The van der Waals surface area contributed by atoms with Gasteiger partial charge in [-0.15, -0.1) is 0 Å². The highest BCUT2D eigenvalue weighted by Gasteiger charge is 2.38. The second-order valence-corrected chi connectivity index (χ2v) is 5.55. The Bertz CT molecular complexity index is 558. The molecule has 1 aliphatic heterocycles. The Hall–Kier alpha value is -1.95. The van der Waals surface area contributed by atoms with Crippen LogP contribution in [0.1, 0.15) is 19.4 Å². The molecule has 0 radical (unpaired) electrons. The fraction of sp³-hybridized carbons (Fsp3) is 0.467. The van der Waals surface area contributed by atoms with Gasteiger partial charge in [-0.2, -0.15) is 0 Å². The highest BCUT2D eigenvalue weighted by atomic mass is 19.1. The Morgan fingerprint density at radius 2 is 2.05 bits per heavy atom. The van der Waals surface area contributed by atoms with Gasteiger partial charge in [-0.3, -0.25) is 4.79 Å². The molecule has 5 nitrogen and oxygen atoms in total. The summed E-state index contributed by atoms with van der Waals surface area (Å²) in [7, 11) is 0. The molecule has 0 bridgehead atoms. The summed E-state index contributed by atoms with van der Waals surface area (Å²) in [6.07, 6.45) is -1.03. The van der Waals surface area contributed by atoms with Gasteiger partial charge in [0.05, 0.1) is 18.6 Å². The molecule has 2 rings (SSSR count). The van der Waals surface area contributed by atoms with E-state index in [1.165, 1.54) is 11.0 Å². The quantitative estimate of drug-likeness (QED) is 0.915. The van der Waals surface area contributed by atoms with E-state index in [0.29, 0.717) is 12.1 Å². The topological polar surface area (TPSA) is 66.8 Å². The molecule has 1 aromatic carbocycles. The Kier molecular flexibility index (Phi) is 4.27. The molecular weight excluding hydrogens is 277 g/mol. The Morgan fingerprint density at radius 3 is 2.67 bits per heavy atom. The van der Waals surface area contributed by atoms with Crippen LogP contribution in [0, 0.1) is 5.82 Å². The van der Waals surface area contributed by atoms with Crippen LogP contribution >= 0.6 is 0 Å². The van der Waals surface area contributed by atoms with Crippen molar-refractivity contribution in [1.29, 1.82) is 0 Å². The van der Waals surface area contributed by atoms with Crippen molar-refractivity contribution in [2.75, 3.05) is 19.7 Å². The van der Waals surface area contributed by atoms with E-state index < -0.39 is 23.3 Å². The first kappa shape index (κ1) is 15.4. The second kappa shape index (κ2) is 5.81. The fourth-order valence-corrected chi connectivity index (χ4v) is 2.46. The maximum atomic E-state index is 13.9. The first-order chi connectivity index (χ1) is 9.84. The first-order valence-electron chi connectivity index (χ1n) is 6.73. The molecule has 0 aliphatic carbocycles. The van der Waals surface area contributed by atoms with Crippen molar-refractivity contribution in [3.63, 3.8) is 0 Å². The van der Waals surface area contributed by atoms with Gasteiger partial charge in [0.1, 0.15) is 5.82 Å². The minimum atomic E-state index is -1.10. The van der Waals surface area contributed by atoms with Crippen LogP contribution in [0.5, 0.6) is 0 Å². The van der Waals surface area contributed by atoms with Gasteiger partial charge < -0.3 is 14.7 Å². The van der Waals surface area contributed by atoms with Crippen LogP contribution < -0.4 is 0 Å². The van der Waals surface area contributed by atoms with Crippen molar-refractivity contribution < 1.29 is 23.8 Å². The van der Waals surface area contributed by atoms with Gasteiger partial charge in [0.25, 0.3) is 0 Å². The van der Waals surface area contributed by atoms with E-state index in [1.54, 1.807) is 32.0 Å². The molecule has 1 amide bonds. The predicted molar refractivity (Wildman–Crippen MR) is 73.4 cm³/mol. The summed E-state index contributed by atoms with van der Waals surface area (Å²) in [5.41, 5.74) is -0.764. The Labute approximate surface area is 122 Å². The summed E-state index contributed by atoms with van der Waals surface area (Å²) in [6, 6.07) is 6.12. The minimum Gasteiger partial charge on any atom is -0.479 e. The van der Waals surface area contributed by atoms with Crippen LogP contribution in [0.25, 0.3) is 0 Å². The van der Waals surface area contributed by atoms with Crippen LogP contribution in [0.15, 0.2) is 24.3 Å². The molecule has 0 saturated carbocycles. The maximum Gasteiger partial charge on any atom is 0.334 e. The number of halogens is 1. The van der Waals surface area contributed by atoms with Gasteiger partial charge in [-0.25, -0.2) is 9.18 Å². The van der Waals surface area contributed by atoms with Crippen LogP contribution in [0.4, 0.5) is 4.39 Å². The minimum absolute atomic E-state index is 0.0218. The van der Waals surface area contributed by atoms with E-state index in [1.807, 2.05) is 0 Å². The lowest BCUT2D eigenvalue weighted by Crippen LogP contribution is -2.53. The molecule has 114 valence electrons. The molecule has 21 heavy (non-hydrogen) atoms. The maximum absolute atomic E-state index is 13.9. The molecule has 1 aliphatic rings. The summed E-state index contributed by atoms with van der Waals surface area (Å²) in [5.74, 6) is -1.85. The fourth-order valence-electron chi connectivity index (χ4n) is 2.46. The number of hydrogen-bond acceptors (Lipinski definition) is 3. The van der Waals surface area contributed by atoms with Crippen molar-refractivity contribution in [1.82, 2.24) is 4.90 Å². The van der Waals surface area contributed by atoms with Crippen molar-refractivity contribution in [3.05, 3.63) is 35.6 Å². The summed E-state index contributed by atoms with van der Waals surface area (Å²) in [4.78, 5) is 25.1. The zero-order chi connectivity index (χ0) is 15.6.